The van der Waals surface area contributed by atoms with Crippen molar-refractivity contribution in [1.82, 2.24) is 4.31 Å². The summed E-state index contributed by atoms with van der Waals surface area (Å²) >= 11 is 3.34. The van der Waals surface area contributed by atoms with Crippen molar-refractivity contribution in [3.05, 3.63) is 16.6 Å². The SMILES string of the molecule is COc1cc(S(=O)(=O)N2CCCCC2CN)c(OC)cc1Br. The van der Waals surface area contributed by atoms with Crippen LogP contribution in [0, 0.1) is 0 Å². The second kappa shape index (κ2) is 7.16. The molecule has 1 saturated heterocycles. The van der Waals surface area contributed by atoms with Crippen molar-refractivity contribution >= 4 is 26.0 Å². The summed E-state index contributed by atoms with van der Waals surface area (Å²) in [6.07, 6.45) is 2.62. The van der Waals surface area contributed by atoms with E-state index < -0.39 is 10.0 Å². The van der Waals surface area contributed by atoms with Gasteiger partial charge in [0.2, 0.25) is 10.0 Å². The first-order valence-corrected chi connectivity index (χ1v) is 9.32. The van der Waals surface area contributed by atoms with Gasteiger partial charge in [-0.15, -0.1) is 0 Å². The Kier molecular flexibility index (Phi) is 5.70. The zero-order valence-electron chi connectivity index (χ0n) is 12.7. The van der Waals surface area contributed by atoms with E-state index in [1.54, 1.807) is 6.07 Å². The fraction of sp³-hybridized carbons (Fsp3) is 0.571. The highest BCUT2D eigenvalue weighted by Crippen LogP contribution is 2.37. The van der Waals surface area contributed by atoms with Gasteiger partial charge in [-0.25, -0.2) is 8.42 Å². The molecule has 0 bridgehead atoms. The van der Waals surface area contributed by atoms with Gasteiger partial charge in [-0.2, -0.15) is 4.31 Å². The van der Waals surface area contributed by atoms with Crippen LogP contribution in [0.15, 0.2) is 21.5 Å². The molecule has 1 aromatic rings. The number of benzene rings is 1. The molecule has 1 heterocycles. The number of nitrogens with two attached hydrogens (primary N) is 1. The number of rotatable bonds is 5. The van der Waals surface area contributed by atoms with Crippen molar-refractivity contribution in [1.29, 1.82) is 0 Å². The predicted octanol–water partition coefficient (Wildman–Crippen LogP) is 1.97. The topological polar surface area (TPSA) is 81.9 Å². The van der Waals surface area contributed by atoms with Crippen LogP contribution in [0.5, 0.6) is 11.5 Å². The van der Waals surface area contributed by atoms with Crippen LogP contribution >= 0.6 is 15.9 Å². The maximum Gasteiger partial charge on any atom is 0.247 e. The molecule has 0 spiro atoms. The number of methoxy groups -OCH3 is 2. The van der Waals surface area contributed by atoms with E-state index in [2.05, 4.69) is 15.9 Å². The number of hydrogen-bond acceptors (Lipinski definition) is 5. The van der Waals surface area contributed by atoms with Crippen LogP contribution in [0.1, 0.15) is 19.3 Å². The van der Waals surface area contributed by atoms with Crippen LogP contribution in [-0.2, 0) is 10.0 Å². The second-order valence-corrected chi connectivity index (χ2v) is 7.85. The average molecular weight is 393 g/mol. The molecule has 1 fully saturated rings. The van der Waals surface area contributed by atoms with E-state index in [0.29, 0.717) is 23.3 Å². The summed E-state index contributed by atoms with van der Waals surface area (Å²) in [5.74, 6) is 0.731. The van der Waals surface area contributed by atoms with Crippen molar-refractivity contribution in [2.75, 3.05) is 27.3 Å². The Hall–Kier alpha value is -0.830. The van der Waals surface area contributed by atoms with E-state index >= 15 is 0 Å². The lowest BCUT2D eigenvalue weighted by molar-refractivity contribution is 0.256. The first-order chi connectivity index (χ1) is 10.5. The minimum Gasteiger partial charge on any atom is -0.496 e. The number of sulfonamides is 1. The summed E-state index contributed by atoms with van der Waals surface area (Å²) in [7, 11) is -0.747. The molecule has 1 aromatic carbocycles. The molecule has 1 atom stereocenters. The van der Waals surface area contributed by atoms with Crippen LogP contribution in [0.25, 0.3) is 0 Å². The van der Waals surface area contributed by atoms with Crippen LogP contribution in [0.3, 0.4) is 0 Å². The third-order valence-electron chi connectivity index (χ3n) is 3.87. The summed E-state index contributed by atoms with van der Waals surface area (Å²) in [6, 6.07) is 2.92. The van der Waals surface area contributed by atoms with E-state index in [9.17, 15) is 8.42 Å². The van der Waals surface area contributed by atoms with Gasteiger partial charge < -0.3 is 15.2 Å². The van der Waals surface area contributed by atoms with Crippen LogP contribution in [0.2, 0.25) is 0 Å². The molecular formula is C14H21BrN2O4S. The van der Waals surface area contributed by atoms with Crippen molar-refractivity contribution in [2.24, 2.45) is 5.73 Å². The molecule has 0 radical (unpaired) electrons. The highest BCUT2D eigenvalue weighted by Gasteiger charge is 2.35. The Balaban J connectivity index is 2.52. The summed E-state index contributed by atoms with van der Waals surface area (Å²) in [6.45, 7) is 0.793. The van der Waals surface area contributed by atoms with Gasteiger partial charge in [0.1, 0.15) is 16.4 Å². The molecule has 0 aliphatic carbocycles. The molecule has 6 nitrogen and oxygen atoms in total. The van der Waals surface area contributed by atoms with E-state index in [1.165, 1.54) is 24.6 Å². The highest BCUT2D eigenvalue weighted by atomic mass is 79.9. The number of ether oxygens (including phenoxy) is 2. The molecular weight excluding hydrogens is 372 g/mol. The Morgan fingerprint density at radius 2 is 1.95 bits per heavy atom. The van der Waals surface area contributed by atoms with E-state index in [4.69, 9.17) is 15.2 Å². The van der Waals surface area contributed by atoms with Crippen molar-refractivity contribution < 1.29 is 17.9 Å². The normalized spacial score (nSPS) is 19.9. The Morgan fingerprint density at radius 1 is 1.27 bits per heavy atom. The quantitative estimate of drug-likeness (QED) is 0.827. The zero-order chi connectivity index (χ0) is 16.3. The lowest BCUT2D eigenvalue weighted by Crippen LogP contribution is -2.47. The molecule has 1 aliphatic heterocycles. The monoisotopic (exact) mass is 392 g/mol. The molecule has 0 amide bonds. The lowest BCUT2D eigenvalue weighted by atomic mass is 10.1. The number of halogens is 1. The second-order valence-electron chi connectivity index (χ2n) is 5.14. The summed E-state index contributed by atoms with van der Waals surface area (Å²) < 4.78 is 38.7. The Bertz CT molecular complexity index is 636. The fourth-order valence-electron chi connectivity index (χ4n) is 2.69. The highest BCUT2D eigenvalue weighted by molar-refractivity contribution is 9.10. The maximum absolute atomic E-state index is 13.0. The molecule has 124 valence electrons. The minimum absolute atomic E-state index is 0.107. The van der Waals surface area contributed by atoms with Gasteiger partial charge in [0.05, 0.1) is 18.7 Å². The smallest absolute Gasteiger partial charge is 0.247 e. The molecule has 1 unspecified atom stereocenters. The maximum atomic E-state index is 13.0. The Morgan fingerprint density at radius 3 is 2.55 bits per heavy atom. The van der Waals surface area contributed by atoms with E-state index in [-0.39, 0.29) is 16.7 Å². The number of piperidine rings is 1. The summed E-state index contributed by atoms with van der Waals surface area (Å²) in [5.41, 5.74) is 5.75. The number of hydrogen-bond donors (Lipinski definition) is 1. The van der Waals surface area contributed by atoms with Gasteiger partial charge in [0, 0.05) is 25.2 Å². The molecule has 2 N–H and O–H groups in total. The molecule has 0 saturated carbocycles. The number of nitrogens with zero attached hydrogens (tertiary/aromatic N) is 1. The van der Waals surface area contributed by atoms with Crippen LogP contribution in [0.4, 0.5) is 0 Å². The predicted molar refractivity (Wildman–Crippen MR) is 87.8 cm³/mol. The van der Waals surface area contributed by atoms with Crippen molar-refractivity contribution in [2.45, 2.75) is 30.2 Å². The van der Waals surface area contributed by atoms with Crippen LogP contribution < -0.4 is 15.2 Å². The summed E-state index contributed by atoms with van der Waals surface area (Å²) in [5, 5.41) is 0. The van der Waals surface area contributed by atoms with Crippen molar-refractivity contribution in [3.63, 3.8) is 0 Å². The molecule has 0 aromatic heterocycles. The van der Waals surface area contributed by atoms with E-state index in [1.807, 2.05) is 0 Å². The molecule has 8 heteroatoms. The van der Waals surface area contributed by atoms with Gasteiger partial charge in [-0.3, -0.25) is 0 Å². The third-order valence-corrected chi connectivity index (χ3v) is 6.46. The van der Waals surface area contributed by atoms with E-state index in [0.717, 1.165) is 19.3 Å². The first-order valence-electron chi connectivity index (χ1n) is 7.09. The lowest BCUT2D eigenvalue weighted by Gasteiger charge is -2.34. The van der Waals surface area contributed by atoms with Crippen molar-refractivity contribution in [3.8, 4) is 11.5 Å². The zero-order valence-corrected chi connectivity index (χ0v) is 15.1. The van der Waals surface area contributed by atoms with Gasteiger partial charge in [-0.1, -0.05) is 6.42 Å². The minimum atomic E-state index is -3.69. The van der Waals surface area contributed by atoms with Crippen LogP contribution in [-0.4, -0.2) is 46.1 Å². The molecule has 2 rings (SSSR count). The summed E-state index contributed by atoms with van der Waals surface area (Å²) in [4.78, 5) is 0.107. The van der Waals surface area contributed by atoms with Gasteiger partial charge in [0.25, 0.3) is 0 Å². The third kappa shape index (κ3) is 3.24. The average Bonchev–Trinajstić information content (AvgIpc) is 2.54. The largest absolute Gasteiger partial charge is 0.496 e. The fourth-order valence-corrected chi connectivity index (χ4v) is 5.03. The van der Waals surface area contributed by atoms with Gasteiger partial charge in [-0.05, 0) is 34.8 Å². The van der Waals surface area contributed by atoms with Gasteiger partial charge >= 0.3 is 0 Å². The Labute approximate surface area is 139 Å². The standard InChI is InChI=1S/C14H21BrN2O4S/c1-20-12-8-14(13(21-2)7-11(12)15)22(18,19)17-6-4-3-5-10(17)9-16/h7-8,10H,3-6,9,16H2,1-2H3. The molecule has 22 heavy (non-hydrogen) atoms. The van der Waals surface area contributed by atoms with Gasteiger partial charge in [0.15, 0.2) is 0 Å². The first kappa shape index (κ1) is 17.5. The molecule has 1 aliphatic rings.